The van der Waals surface area contributed by atoms with Crippen LogP contribution in [0, 0.1) is 12.7 Å². The summed E-state index contributed by atoms with van der Waals surface area (Å²) in [5.74, 6) is -5.68. The van der Waals surface area contributed by atoms with E-state index in [2.05, 4.69) is 10.3 Å². The monoisotopic (exact) mass is 580 g/mol. The number of carbonyl (C=O) groups is 1. The van der Waals surface area contributed by atoms with Crippen LogP contribution in [0.4, 0.5) is 18.9 Å². The molecule has 222 valence electrons. The number of aryl methyl sites for hydroxylation is 2. The average Bonchev–Trinajstić information content (AvgIpc) is 3.28. The molecule has 0 aliphatic carbocycles. The molecular formula is C31H35F3N6O2. The molecule has 4 aromatic rings. The van der Waals surface area contributed by atoms with Crippen LogP contribution in [0.3, 0.4) is 0 Å². The van der Waals surface area contributed by atoms with Gasteiger partial charge in [-0.25, -0.2) is 18.2 Å². The predicted molar refractivity (Wildman–Crippen MR) is 157 cm³/mol. The van der Waals surface area contributed by atoms with Crippen LogP contribution < -0.4 is 10.9 Å². The molecule has 11 heteroatoms. The molecule has 0 radical (unpaired) electrons. The summed E-state index contributed by atoms with van der Waals surface area (Å²) in [6.45, 7) is 3.22. The van der Waals surface area contributed by atoms with Crippen molar-refractivity contribution in [3.8, 4) is 5.69 Å². The van der Waals surface area contributed by atoms with E-state index in [1.54, 1.807) is 57.5 Å². The Morgan fingerprint density at radius 3 is 2.55 bits per heavy atom. The Labute approximate surface area is 242 Å². The fourth-order valence-electron chi connectivity index (χ4n) is 6.09. The van der Waals surface area contributed by atoms with Crippen LogP contribution >= 0.6 is 0 Å². The van der Waals surface area contributed by atoms with E-state index in [0.29, 0.717) is 29.1 Å². The Bertz CT molecular complexity index is 1700. The van der Waals surface area contributed by atoms with Crippen LogP contribution in [0.5, 0.6) is 0 Å². The van der Waals surface area contributed by atoms with E-state index in [0.717, 1.165) is 17.1 Å². The Balaban J connectivity index is 1.44. The van der Waals surface area contributed by atoms with Gasteiger partial charge in [-0.2, -0.15) is 0 Å². The van der Waals surface area contributed by atoms with Crippen LogP contribution in [0.2, 0.25) is 0 Å². The fourth-order valence-corrected chi connectivity index (χ4v) is 6.09. The topological polar surface area (TPSA) is 75.4 Å². The van der Waals surface area contributed by atoms with Crippen molar-refractivity contribution in [2.45, 2.75) is 38.2 Å². The molecule has 8 nitrogen and oxygen atoms in total. The zero-order valence-corrected chi connectivity index (χ0v) is 24.6. The number of halogens is 3. The number of carbonyl (C=O) groups excluding carboxylic acids is 1. The van der Waals surface area contributed by atoms with Gasteiger partial charge >= 0.3 is 0 Å². The fraction of sp³-hybridized carbons (Fsp3) is 0.387. The first-order valence-electron chi connectivity index (χ1n) is 13.8. The molecule has 0 spiro atoms. The second-order valence-electron chi connectivity index (χ2n) is 11.2. The summed E-state index contributed by atoms with van der Waals surface area (Å²) < 4.78 is 50.2. The summed E-state index contributed by atoms with van der Waals surface area (Å²) in [6.07, 6.45) is 3.36. The third-order valence-electron chi connectivity index (χ3n) is 8.35. The number of alkyl halides is 2. The zero-order valence-electron chi connectivity index (χ0n) is 24.6. The van der Waals surface area contributed by atoms with E-state index < -0.39 is 30.2 Å². The molecule has 1 aliphatic rings. The number of piperidine rings is 1. The standard InChI is InChI=1S/C31H35F3N6O2/c1-18-13-20(30(42)37(4)5)14-24(32)28(18)23-9-11-39(17-31(23,33)34)19(2)26-16-22-25(7-10-36-29(22)38(26)6)40-12-8-21(35-3)15-27(40)41/h7-8,10,12-16,19,23,35H,9,11,17H2,1-6H3/t19-,23-/m1/s1. The van der Waals surface area contributed by atoms with Gasteiger partial charge in [0.25, 0.3) is 17.4 Å². The molecule has 1 amide bonds. The molecule has 0 unspecified atom stereocenters. The minimum absolute atomic E-state index is 0.0317. The second-order valence-corrected chi connectivity index (χ2v) is 11.2. The van der Waals surface area contributed by atoms with Crippen LogP contribution in [-0.2, 0) is 7.05 Å². The minimum Gasteiger partial charge on any atom is -0.388 e. The van der Waals surface area contributed by atoms with E-state index >= 15 is 13.2 Å². The first-order chi connectivity index (χ1) is 19.8. The number of nitrogens with one attached hydrogen (secondary N) is 1. The van der Waals surface area contributed by atoms with Gasteiger partial charge in [0.2, 0.25) is 0 Å². The van der Waals surface area contributed by atoms with Crippen molar-refractivity contribution in [1.82, 2.24) is 23.9 Å². The van der Waals surface area contributed by atoms with Crippen molar-refractivity contribution in [3.05, 3.63) is 87.3 Å². The van der Waals surface area contributed by atoms with Crippen LogP contribution in [-0.4, -0.2) is 70.0 Å². The molecule has 1 aliphatic heterocycles. The Hall–Kier alpha value is -4.12. The van der Waals surface area contributed by atoms with Crippen molar-refractivity contribution in [2.75, 3.05) is 39.5 Å². The molecule has 0 bridgehead atoms. The van der Waals surface area contributed by atoms with Gasteiger partial charge in [0.1, 0.15) is 11.5 Å². The van der Waals surface area contributed by atoms with Crippen LogP contribution in [0.15, 0.2) is 53.6 Å². The van der Waals surface area contributed by atoms with Gasteiger partial charge in [-0.05, 0) is 68.3 Å². The summed E-state index contributed by atoms with van der Waals surface area (Å²) >= 11 is 0. The molecule has 3 aromatic heterocycles. The number of hydrogen-bond acceptors (Lipinski definition) is 5. The molecule has 0 saturated carbocycles. The third-order valence-corrected chi connectivity index (χ3v) is 8.35. The predicted octanol–water partition coefficient (Wildman–Crippen LogP) is 5.10. The number of anilines is 1. The Morgan fingerprint density at radius 2 is 1.93 bits per heavy atom. The molecule has 1 saturated heterocycles. The average molecular weight is 581 g/mol. The molecule has 5 rings (SSSR count). The molecule has 4 heterocycles. The minimum atomic E-state index is -3.21. The number of benzene rings is 1. The number of aromatic nitrogens is 3. The smallest absolute Gasteiger partial charge is 0.267 e. The van der Waals surface area contributed by atoms with Crippen molar-refractivity contribution < 1.29 is 18.0 Å². The molecule has 1 aromatic carbocycles. The van der Waals surface area contributed by atoms with Crippen molar-refractivity contribution in [1.29, 1.82) is 0 Å². The lowest BCUT2D eigenvalue weighted by Gasteiger charge is -2.42. The van der Waals surface area contributed by atoms with Crippen LogP contribution in [0.1, 0.15) is 52.5 Å². The van der Waals surface area contributed by atoms with E-state index in [-0.39, 0.29) is 29.0 Å². The number of fused-ring (bicyclic) bond motifs is 1. The highest BCUT2D eigenvalue weighted by Crippen LogP contribution is 2.45. The maximum atomic E-state index is 15.8. The Kier molecular flexibility index (Phi) is 7.65. The van der Waals surface area contributed by atoms with Gasteiger partial charge < -0.3 is 14.8 Å². The van der Waals surface area contributed by atoms with Crippen molar-refractivity contribution in [2.24, 2.45) is 7.05 Å². The second kappa shape index (κ2) is 10.9. The first kappa shape index (κ1) is 29.4. The van der Waals surface area contributed by atoms with Crippen molar-refractivity contribution >= 4 is 22.6 Å². The summed E-state index contributed by atoms with van der Waals surface area (Å²) in [7, 11) is 6.69. The van der Waals surface area contributed by atoms with E-state index in [9.17, 15) is 9.59 Å². The molecule has 1 N–H and O–H groups in total. The first-order valence-corrected chi connectivity index (χ1v) is 13.8. The van der Waals surface area contributed by atoms with Gasteiger partial charge in [-0.3, -0.25) is 19.1 Å². The van der Waals surface area contributed by atoms with E-state index in [4.69, 9.17) is 0 Å². The van der Waals surface area contributed by atoms with Gasteiger partial charge in [0.15, 0.2) is 0 Å². The molecule has 2 atom stereocenters. The Morgan fingerprint density at radius 1 is 1.19 bits per heavy atom. The normalized spacial score (nSPS) is 17.8. The summed E-state index contributed by atoms with van der Waals surface area (Å²) in [5.41, 5.74) is 2.98. The van der Waals surface area contributed by atoms with E-state index in [1.165, 1.54) is 21.6 Å². The van der Waals surface area contributed by atoms with Gasteiger partial charge in [-0.1, -0.05) is 0 Å². The largest absolute Gasteiger partial charge is 0.388 e. The lowest BCUT2D eigenvalue weighted by atomic mass is 9.82. The highest BCUT2D eigenvalue weighted by atomic mass is 19.3. The van der Waals surface area contributed by atoms with E-state index in [1.807, 2.05) is 24.6 Å². The molecule has 1 fully saturated rings. The third kappa shape index (κ3) is 5.06. The number of pyridine rings is 2. The summed E-state index contributed by atoms with van der Waals surface area (Å²) in [5, 5.41) is 3.68. The summed E-state index contributed by atoms with van der Waals surface area (Å²) in [6, 6.07) is 9.10. The molecule has 42 heavy (non-hydrogen) atoms. The number of hydrogen-bond donors (Lipinski definition) is 1. The number of amides is 1. The zero-order chi connectivity index (χ0) is 30.5. The quantitative estimate of drug-likeness (QED) is 0.344. The van der Waals surface area contributed by atoms with Crippen LogP contribution in [0.25, 0.3) is 16.7 Å². The lowest BCUT2D eigenvalue weighted by molar-refractivity contribution is -0.0931. The maximum absolute atomic E-state index is 15.8. The van der Waals surface area contributed by atoms with Gasteiger partial charge in [0, 0.05) is 75.0 Å². The highest BCUT2D eigenvalue weighted by Gasteiger charge is 2.48. The summed E-state index contributed by atoms with van der Waals surface area (Å²) in [4.78, 5) is 32.7. The maximum Gasteiger partial charge on any atom is 0.267 e. The lowest BCUT2D eigenvalue weighted by Crippen LogP contribution is -2.48. The van der Waals surface area contributed by atoms with Crippen molar-refractivity contribution in [3.63, 3.8) is 0 Å². The van der Waals surface area contributed by atoms with Gasteiger partial charge in [0.05, 0.1) is 18.2 Å². The number of nitrogens with zero attached hydrogens (tertiary/aromatic N) is 5. The highest BCUT2D eigenvalue weighted by molar-refractivity contribution is 5.94. The molecular weight excluding hydrogens is 545 g/mol. The number of likely N-dealkylation sites (tertiary alicyclic amines) is 1. The van der Waals surface area contributed by atoms with Gasteiger partial charge in [-0.15, -0.1) is 0 Å². The number of rotatable bonds is 6. The SMILES string of the molecule is CNc1ccn(-c2ccnc3c2cc([C@@H](C)N2CC[C@H](c4c(C)cc(C(=O)N(C)C)cc4F)C(F)(F)C2)n3C)c(=O)c1.